The van der Waals surface area contributed by atoms with Gasteiger partial charge in [-0.25, -0.2) is 4.99 Å². The van der Waals surface area contributed by atoms with Crippen LogP contribution in [0.1, 0.15) is 64.0 Å². The number of hydrogen-bond donors (Lipinski definition) is 2. The second-order valence-electron chi connectivity index (χ2n) is 8.01. The van der Waals surface area contributed by atoms with Crippen molar-refractivity contribution in [3.05, 3.63) is 35.4 Å². The van der Waals surface area contributed by atoms with Crippen LogP contribution < -0.4 is 10.6 Å². The fraction of sp³-hybridized carbons (Fsp3) is 0.708. The van der Waals surface area contributed by atoms with Crippen molar-refractivity contribution in [3.63, 3.8) is 0 Å². The summed E-state index contributed by atoms with van der Waals surface area (Å²) in [5, 5.41) is 6.84. The van der Waals surface area contributed by atoms with Crippen LogP contribution in [-0.4, -0.2) is 61.6 Å². The van der Waals surface area contributed by atoms with E-state index in [0.29, 0.717) is 0 Å². The van der Waals surface area contributed by atoms with Crippen LogP contribution in [0.2, 0.25) is 0 Å². The first kappa shape index (κ1) is 27.2. The van der Waals surface area contributed by atoms with E-state index < -0.39 is 0 Å². The number of nitrogens with zero attached hydrogens (tertiary/aromatic N) is 3. The summed E-state index contributed by atoms with van der Waals surface area (Å²) in [6.45, 7) is 16.2. The number of aliphatic imine (C=N–C) groups is 1. The number of likely N-dealkylation sites (tertiary alicyclic amines) is 1. The molecule has 0 amide bonds. The molecule has 0 saturated carbocycles. The molecule has 0 atom stereocenters. The van der Waals surface area contributed by atoms with Crippen LogP contribution >= 0.6 is 24.0 Å². The highest BCUT2D eigenvalue weighted by Crippen LogP contribution is 2.14. The van der Waals surface area contributed by atoms with E-state index in [0.717, 1.165) is 45.2 Å². The summed E-state index contributed by atoms with van der Waals surface area (Å²) in [7, 11) is 0. The molecule has 0 aromatic heterocycles. The number of rotatable bonds is 12. The van der Waals surface area contributed by atoms with Crippen LogP contribution in [0.15, 0.2) is 29.3 Å². The molecule has 0 spiro atoms. The smallest absolute Gasteiger partial charge is 0.191 e. The fourth-order valence-electron chi connectivity index (χ4n) is 3.84. The highest BCUT2D eigenvalue weighted by atomic mass is 127. The van der Waals surface area contributed by atoms with Crippen molar-refractivity contribution < 1.29 is 0 Å². The third-order valence-corrected chi connectivity index (χ3v) is 5.73. The highest BCUT2D eigenvalue weighted by Gasteiger charge is 2.10. The van der Waals surface area contributed by atoms with E-state index >= 15 is 0 Å². The predicted molar refractivity (Wildman–Crippen MR) is 141 cm³/mol. The van der Waals surface area contributed by atoms with Gasteiger partial charge in [-0.1, -0.05) is 44.5 Å². The molecule has 1 aromatic rings. The molecule has 1 fully saturated rings. The first-order valence-corrected chi connectivity index (χ1v) is 11.8. The van der Waals surface area contributed by atoms with Gasteiger partial charge in [-0.15, -0.1) is 24.0 Å². The fourth-order valence-corrected chi connectivity index (χ4v) is 3.84. The molecule has 2 rings (SSSR count). The SMILES string of the molecule is CCNC(=NCc1ccc(CN2CCCCC2)cc1)NCCCCN(CC)CC.I. The summed E-state index contributed by atoms with van der Waals surface area (Å²) in [5.41, 5.74) is 2.68. The van der Waals surface area contributed by atoms with Crippen molar-refractivity contribution >= 4 is 29.9 Å². The Morgan fingerprint density at radius 2 is 1.60 bits per heavy atom. The predicted octanol–water partition coefficient (Wildman–Crippen LogP) is 4.47. The lowest BCUT2D eigenvalue weighted by Gasteiger charge is -2.26. The highest BCUT2D eigenvalue weighted by molar-refractivity contribution is 14.0. The summed E-state index contributed by atoms with van der Waals surface area (Å²) >= 11 is 0. The van der Waals surface area contributed by atoms with Gasteiger partial charge < -0.3 is 15.5 Å². The van der Waals surface area contributed by atoms with Gasteiger partial charge >= 0.3 is 0 Å². The molecular weight excluding hydrogens is 485 g/mol. The molecule has 1 aromatic carbocycles. The maximum absolute atomic E-state index is 4.77. The molecule has 6 heteroatoms. The van der Waals surface area contributed by atoms with E-state index in [1.807, 2.05) is 0 Å². The van der Waals surface area contributed by atoms with Gasteiger partial charge in [0.2, 0.25) is 0 Å². The van der Waals surface area contributed by atoms with Crippen molar-refractivity contribution in [1.29, 1.82) is 0 Å². The summed E-state index contributed by atoms with van der Waals surface area (Å²) in [6.07, 6.45) is 6.50. The summed E-state index contributed by atoms with van der Waals surface area (Å²) in [4.78, 5) is 9.82. The lowest BCUT2D eigenvalue weighted by molar-refractivity contribution is 0.221. The Morgan fingerprint density at radius 1 is 0.933 bits per heavy atom. The number of hydrogen-bond acceptors (Lipinski definition) is 3. The number of halogens is 1. The van der Waals surface area contributed by atoms with Crippen LogP contribution in [0.25, 0.3) is 0 Å². The number of benzene rings is 1. The van der Waals surface area contributed by atoms with Gasteiger partial charge in [0, 0.05) is 19.6 Å². The topological polar surface area (TPSA) is 42.9 Å². The van der Waals surface area contributed by atoms with E-state index in [9.17, 15) is 0 Å². The standard InChI is InChI=1S/C24H43N5.HI/c1-4-25-24(26-16-8-11-17-28(5-2)6-3)27-20-22-12-14-23(15-13-22)21-29-18-9-7-10-19-29;/h12-15H,4-11,16-21H2,1-3H3,(H2,25,26,27);1H. The Hall–Kier alpha value is -0.860. The van der Waals surface area contributed by atoms with Gasteiger partial charge in [0.05, 0.1) is 6.54 Å². The van der Waals surface area contributed by atoms with E-state index in [2.05, 4.69) is 65.5 Å². The normalized spacial score (nSPS) is 15.1. The molecule has 2 N–H and O–H groups in total. The maximum atomic E-state index is 4.77. The second kappa shape index (κ2) is 16.8. The zero-order valence-electron chi connectivity index (χ0n) is 19.5. The van der Waals surface area contributed by atoms with Crippen molar-refractivity contribution in [1.82, 2.24) is 20.4 Å². The Bertz CT molecular complexity index is 565. The van der Waals surface area contributed by atoms with Crippen LogP contribution in [0.3, 0.4) is 0 Å². The van der Waals surface area contributed by atoms with Gasteiger partial charge in [-0.3, -0.25) is 4.90 Å². The van der Waals surface area contributed by atoms with Gasteiger partial charge in [0.25, 0.3) is 0 Å². The molecule has 1 heterocycles. The Kier molecular flexibility index (Phi) is 15.2. The molecule has 30 heavy (non-hydrogen) atoms. The number of piperidine rings is 1. The number of guanidine groups is 1. The zero-order valence-corrected chi connectivity index (χ0v) is 21.8. The third-order valence-electron chi connectivity index (χ3n) is 5.73. The molecule has 172 valence electrons. The average molecular weight is 530 g/mol. The van der Waals surface area contributed by atoms with E-state index in [4.69, 9.17) is 4.99 Å². The van der Waals surface area contributed by atoms with Crippen LogP contribution in [0, 0.1) is 0 Å². The molecule has 0 radical (unpaired) electrons. The monoisotopic (exact) mass is 529 g/mol. The van der Waals surface area contributed by atoms with Gasteiger partial charge in [0.1, 0.15) is 0 Å². The molecular formula is C24H44IN5. The molecule has 0 aliphatic carbocycles. The summed E-state index contributed by atoms with van der Waals surface area (Å²) in [5.74, 6) is 0.924. The lowest BCUT2D eigenvalue weighted by Crippen LogP contribution is -2.38. The minimum absolute atomic E-state index is 0. The molecule has 1 aliphatic rings. The Labute approximate surface area is 202 Å². The van der Waals surface area contributed by atoms with Crippen LogP contribution in [0.5, 0.6) is 0 Å². The summed E-state index contributed by atoms with van der Waals surface area (Å²) in [6, 6.07) is 9.01. The maximum Gasteiger partial charge on any atom is 0.191 e. The molecule has 0 bridgehead atoms. The third kappa shape index (κ3) is 11.0. The van der Waals surface area contributed by atoms with Crippen molar-refractivity contribution in [2.75, 3.05) is 45.8 Å². The molecule has 0 unspecified atom stereocenters. The number of nitrogens with one attached hydrogen (secondary N) is 2. The van der Waals surface area contributed by atoms with Crippen molar-refractivity contribution in [2.24, 2.45) is 4.99 Å². The largest absolute Gasteiger partial charge is 0.357 e. The molecule has 1 aliphatic heterocycles. The first-order valence-electron chi connectivity index (χ1n) is 11.8. The van der Waals surface area contributed by atoms with E-state index in [1.165, 1.54) is 62.9 Å². The number of unbranched alkanes of at least 4 members (excludes halogenated alkanes) is 1. The quantitative estimate of drug-likeness (QED) is 0.182. The minimum Gasteiger partial charge on any atom is -0.357 e. The zero-order chi connectivity index (χ0) is 20.7. The Balaban J connectivity index is 0.00000450. The van der Waals surface area contributed by atoms with Crippen LogP contribution in [-0.2, 0) is 13.1 Å². The Morgan fingerprint density at radius 3 is 2.23 bits per heavy atom. The van der Waals surface area contributed by atoms with E-state index in [1.54, 1.807) is 0 Å². The van der Waals surface area contributed by atoms with Crippen molar-refractivity contribution in [3.8, 4) is 0 Å². The second-order valence-corrected chi connectivity index (χ2v) is 8.01. The lowest BCUT2D eigenvalue weighted by atomic mass is 10.1. The first-order chi connectivity index (χ1) is 14.2. The van der Waals surface area contributed by atoms with Gasteiger partial charge in [0.15, 0.2) is 5.96 Å². The van der Waals surface area contributed by atoms with E-state index in [-0.39, 0.29) is 24.0 Å². The minimum atomic E-state index is 0. The average Bonchev–Trinajstić information content (AvgIpc) is 2.76. The van der Waals surface area contributed by atoms with Crippen molar-refractivity contribution in [2.45, 2.75) is 66.0 Å². The van der Waals surface area contributed by atoms with Gasteiger partial charge in [-0.05, 0) is 76.5 Å². The molecule has 1 saturated heterocycles. The van der Waals surface area contributed by atoms with Crippen LogP contribution in [0.4, 0.5) is 0 Å². The summed E-state index contributed by atoms with van der Waals surface area (Å²) < 4.78 is 0. The molecule has 5 nitrogen and oxygen atoms in total. The van der Waals surface area contributed by atoms with Gasteiger partial charge in [-0.2, -0.15) is 0 Å².